The summed E-state index contributed by atoms with van der Waals surface area (Å²) in [5.41, 5.74) is -0.787. The van der Waals surface area contributed by atoms with E-state index in [4.69, 9.17) is 11.6 Å². The van der Waals surface area contributed by atoms with Crippen LogP contribution in [0.15, 0.2) is 12.3 Å². The van der Waals surface area contributed by atoms with Gasteiger partial charge >= 0.3 is 5.97 Å². The number of nitrogens with zero attached hydrogens (tertiary/aromatic N) is 2. The largest absolute Gasteiger partial charge is 0.480 e. The van der Waals surface area contributed by atoms with Crippen LogP contribution in [0.5, 0.6) is 0 Å². The Balaban J connectivity index is 2.36. The summed E-state index contributed by atoms with van der Waals surface area (Å²) < 4.78 is 1.87. The van der Waals surface area contributed by atoms with Crippen LogP contribution in [0.4, 0.5) is 0 Å². The smallest absolute Gasteiger partial charge is 0.329 e. The van der Waals surface area contributed by atoms with Crippen molar-refractivity contribution in [2.45, 2.75) is 45.2 Å². The van der Waals surface area contributed by atoms with Crippen molar-refractivity contribution in [2.75, 3.05) is 6.54 Å². The van der Waals surface area contributed by atoms with Crippen LogP contribution in [-0.2, 0) is 4.79 Å². The predicted molar refractivity (Wildman–Crippen MR) is 76.1 cm³/mol. The topological polar surface area (TPSA) is 62.5 Å². The minimum Gasteiger partial charge on any atom is -0.480 e. The molecule has 2 rings (SSSR count). The molecule has 1 aromatic rings. The molecule has 20 heavy (non-hydrogen) atoms. The summed E-state index contributed by atoms with van der Waals surface area (Å²) in [7, 11) is 0. The van der Waals surface area contributed by atoms with Gasteiger partial charge in [0.1, 0.15) is 11.2 Å². The summed E-state index contributed by atoms with van der Waals surface area (Å²) in [6, 6.07) is 1.93. The zero-order valence-electron chi connectivity index (χ0n) is 11.9. The van der Waals surface area contributed by atoms with Crippen molar-refractivity contribution in [3.05, 3.63) is 23.0 Å². The van der Waals surface area contributed by atoms with Crippen LogP contribution in [-0.4, -0.2) is 38.5 Å². The summed E-state index contributed by atoms with van der Waals surface area (Å²) in [6.45, 7) is 5.16. The Morgan fingerprint density at radius 2 is 2.10 bits per heavy atom. The Bertz CT molecular complexity index is 547. The molecule has 6 heteroatoms. The highest BCUT2D eigenvalue weighted by Gasteiger charge is 2.39. The van der Waals surface area contributed by atoms with Crippen molar-refractivity contribution < 1.29 is 14.7 Å². The third-order valence-electron chi connectivity index (χ3n) is 3.73. The molecule has 0 bridgehead atoms. The van der Waals surface area contributed by atoms with Gasteiger partial charge in [0, 0.05) is 18.8 Å². The van der Waals surface area contributed by atoms with Crippen LogP contribution >= 0.6 is 11.6 Å². The molecule has 1 heterocycles. The Morgan fingerprint density at radius 3 is 2.55 bits per heavy atom. The molecule has 1 fully saturated rings. The second-order valence-electron chi connectivity index (χ2n) is 5.60. The first-order valence-electron chi connectivity index (χ1n) is 6.71. The van der Waals surface area contributed by atoms with Crippen LogP contribution in [0.1, 0.15) is 50.1 Å². The molecule has 0 saturated heterocycles. The van der Waals surface area contributed by atoms with Crippen LogP contribution in [0.25, 0.3) is 0 Å². The summed E-state index contributed by atoms with van der Waals surface area (Å²) in [4.78, 5) is 25.4. The number of hydrogen-bond acceptors (Lipinski definition) is 2. The van der Waals surface area contributed by atoms with Crippen molar-refractivity contribution in [3.8, 4) is 0 Å². The molecule has 5 nitrogen and oxygen atoms in total. The Hall–Kier alpha value is -1.49. The normalized spacial score (nSPS) is 15.2. The highest BCUT2D eigenvalue weighted by molar-refractivity contribution is 6.31. The van der Waals surface area contributed by atoms with Gasteiger partial charge in [0.2, 0.25) is 0 Å². The van der Waals surface area contributed by atoms with Crippen LogP contribution < -0.4 is 0 Å². The molecular formula is C14H19ClN2O3. The first-order chi connectivity index (χ1) is 9.28. The maximum absolute atomic E-state index is 12.7. The first kappa shape index (κ1) is 14.9. The van der Waals surface area contributed by atoms with E-state index in [0.29, 0.717) is 23.3 Å². The van der Waals surface area contributed by atoms with E-state index >= 15 is 0 Å². The zero-order chi connectivity index (χ0) is 15.1. The van der Waals surface area contributed by atoms with Crippen LogP contribution in [0, 0.1) is 0 Å². The van der Waals surface area contributed by atoms with Gasteiger partial charge in [-0.2, -0.15) is 0 Å². The van der Waals surface area contributed by atoms with Gasteiger partial charge in [-0.15, -0.1) is 0 Å². The molecule has 1 amide bonds. The molecule has 1 aliphatic rings. The maximum atomic E-state index is 12.7. The number of likely N-dealkylation sites (N-methyl/N-ethyl adjacent to an activating group) is 1. The van der Waals surface area contributed by atoms with Crippen molar-refractivity contribution in [3.63, 3.8) is 0 Å². The number of carboxylic acid groups (broad SMARTS) is 1. The molecule has 0 aromatic carbocycles. The van der Waals surface area contributed by atoms with Gasteiger partial charge < -0.3 is 14.6 Å². The standard InChI is InChI=1S/C14H19ClN2O3/c1-4-17(14(2,3)13(19)20)12(18)11-7-9(15)8-16(11)10-5-6-10/h7-8,10H,4-6H2,1-3H3,(H,19,20). The monoisotopic (exact) mass is 298 g/mol. The second-order valence-corrected chi connectivity index (χ2v) is 6.03. The molecule has 0 spiro atoms. The molecule has 1 N–H and O–H groups in total. The Kier molecular flexibility index (Phi) is 3.82. The maximum Gasteiger partial charge on any atom is 0.329 e. The van der Waals surface area contributed by atoms with E-state index in [0.717, 1.165) is 12.8 Å². The van der Waals surface area contributed by atoms with Gasteiger partial charge in [0.05, 0.1) is 5.02 Å². The number of hydrogen-bond donors (Lipinski definition) is 1. The average Bonchev–Trinajstić information content (AvgIpc) is 3.12. The highest BCUT2D eigenvalue weighted by Crippen LogP contribution is 2.38. The summed E-state index contributed by atoms with van der Waals surface area (Å²) in [5, 5.41) is 9.81. The third-order valence-corrected chi connectivity index (χ3v) is 3.94. The quantitative estimate of drug-likeness (QED) is 0.909. The molecule has 0 aliphatic heterocycles. The van der Waals surface area contributed by atoms with E-state index in [1.165, 1.54) is 18.7 Å². The molecule has 0 atom stereocenters. The van der Waals surface area contributed by atoms with Crippen LogP contribution in [0.3, 0.4) is 0 Å². The summed E-state index contributed by atoms with van der Waals surface area (Å²) in [5.74, 6) is -1.32. The molecule has 1 aliphatic carbocycles. The van der Waals surface area contributed by atoms with Crippen molar-refractivity contribution >= 4 is 23.5 Å². The van der Waals surface area contributed by atoms with E-state index in [1.54, 1.807) is 19.2 Å². The number of carbonyl (C=O) groups excluding carboxylic acids is 1. The second kappa shape index (κ2) is 5.13. The van der Waals surface area contributed by atoms with Gasteiger partial charge in [-0.05, 0) is 39.7 Å². The number of amides is 1. The molecule has 0 unspecified atom stereocenters. The molecule has 110 valence electrons. The van der Waals surface area contributed by atoms with E-state index in [2.05, 4.69) is 0 Å². The first-order valence-corrected chi connectivity index (χ1v) is 7.09. The van der Waals surface area contributed by atoms with Gasteiger partial charge in [0.15, 0.2) is 0 Å². The number of aromatic nitrogens is 1. The highest BCUT2D eigenvalue weighted by atomic mass is 35.5. The van der Waals surface area contributed by atoms with E-state index in [9.17, 15) is 14.7 Å². The average molecular weight is 299 g/mol. The minimum absolute atomic E-state index is 0.293. The third kappa shape index (κ3) is 2.54. The van der Waals surface area contributed by atoms with Gasteiger partial charge in [0.25, 0.3) is 5.91 Å². The molecular weight excluding hydrogens is 280 g/mol. The van der Waals surface area contributed by atoms with E-state index < -0.39 is 11.5 Å². The summed E-state index contributed by atoms with van der Waals surface area (Å²) >= 11 is 6.00. The Morgan fingerprint density at radius 1 is 1.50 bits per heavy atom. The predicted octanol–water partition coefficient (Wildman–Crippen LogP) is 2.80. The molecule has 1 aromatic heterocycles. The lowest BCUT2D eigenvalue weighted by Crippen LogP contribution is -2.53. The Labute approximate surface area is 123 Å². The molecule has 0 radical (unpaired) electrons. The fourth-order valence-electron chi connectivity index (χ4n) is 2.32. The fourth-order valence-corrected chi connectivity index (χ4v) is 2.53. The van der Waals surface area contributed by atoms with Gasteiger partial charge in [-0.1, -0.05) is 11.6 Å². The minimum atomic E-state index is -1.25. The fraction of sp³-hybridized carbons (Fsp3) is 0.571. The number of aliphatic carboxylic acids is 1. The lowest BCUT2D eigenvalue weighted by molar-refractivity contribution is -0.147. The van der Waals surface area contributed by atoms with E-state index in [1.807, 2.05) is 4.57 Å². The van der Waals surface area contributed by atoms with Gasteiger partial charge in [-0.3, -0.25) is 4.79 Å². The van der Waals surface area contributed by atoms with Crippen LogP contribution in [0.2, 0.25) is 5.02 Å². The summed E-state index contributed by atoms with van der Waals surface area (Å²) in [6.07, 6.45) is 3.80. The van der Waals surface area contributed by atoms with Crippen molar-refractivity contribution in [1.82, 2.24) is 9.47 Å². The van der Waals surface area contributed by atoms with Crippen molar-refractivity contribution in [1.29, 1.82) is 0 Å². The van der Waals surface area contributed by atoms with E-state index in [-0.39, 0.29) is 5.91 Å². The number of halogens is 1. The lowest BCUT2D eigenvalue weighted by atomic mass is 10.0. The SMILES string of the molecule is CCN(C(=O)c1cc(Cl)cn1C1CC1)C(C)(C)C(=O)O. The van der Waals surface area contributed by atoms with Gasteiger partial charge in [-0.25, -0.2) is 4.79 Å². The number of rotatable bonds is 5. The zero-order valence-corrected chi connectivity index (χ0v) is 12.6. The van der Waals surface area contributed by atoms with Crippen molar-refractivity contribution in [2.24, 2.45) is 0 Å². The molecule has 1 saturated carbocycles. The number of carboxylic acids is 1. The lowest BCUT2D eigenvalue weighted by Gasteiger charge is -2.34. The number of carbonyl (C=O) groups is 2.